The Morgan fingerprint density at radius 2 is 2.08 bits per heavy atom. The minimum atomic E-state index is -0.282. The number of carbonyl (C=O) groups is 1. The Bertz CT molecular complexity index is 868. The van der Waals surface area contributed by atoms with E-state index in [2.05, 4.69) is 10.5 Å². The molecule has 1 amide bonds. The number of methoxy groups -OCH3 is 1. The molecule has 0 aliphatic heterocycles. The largest absolute Gasteiger partial charge is 0.497 e. The van der Waals surface area contributed by atoms with Gasteiger partial charge in [-0.3, -0.25) is 4.79 Å². The Hall–Kier alpha value is -2.80. The quantitative estimate of drug-likeness (QED) is 0.706. The van der Waals surface area contributed by atoms with E-state index in [4.69, 9.17) is 15.0 Å². The number of rotatable bonds is 6. The van der Waals surface area contributed by atoms with Crippen LogP contribution in [0.25, 0.3) is 10.6 Å². The van der Waals surface area contributed by atoms with Gasteiger partial charge in [0.1, 0.15) is 17.0 Å². The van der Waals surface area contributed by atoms with Crippen molar-refractivity contribution >= 4 is 23.1 Å². The van der Waals surface area contributed by atoms with E-state index in [1.807, 2.05) is 42.6 Å². The van der Waals surface area contributed by atoms with Gasteiger partial charge in [0.2, 0.25) is 5.88 Å². The molecule has 6 nitrogen and oxygen atoms in total. The molecule has 0 aliphatic carbocycles. The highest BCUT2D eigenvalue weighted by atomic mass is 32.1. The zero-order valence-corrected chi connectivity index (χ0v) is 14.9. The summed E-state index contributed by atoms with van der Waals surface area (Å²) in [5, 5.41) is 8.79. The van der Waals surface area contributed by atoms with Crippen molar-refractivity contribution in [1.82, 2.24) is 10.5 Å². The van der Waals surface area contributed by atoms with Gasteiger partial charge in [-0.05, 0) is 48.1 Å². The van der Waals surface area contributed by atoms with Crippen LogP contribution < -0.4 is 15.8 Å². The molecule has 0 radical (unpaired) electrons. The fraction of sp³-hybridized carbons (Fsp3) is 0.222. The number of carbonyl (C=O) groups excluding carboxylic acids is 1. The summed E-state index contributed by atoms with van der Waals surface area (Å²) in [6.45, 7) is 2.45. The van der Waals surface area contributed by atoms with Gasteiger partial charge >= 0.3 is 0 Å². The topological polar surface area (TPSA) is 90.4 Å². The third-order valence-corrected chi connectivity index (χ3v) is 4.90. The number of aryl methyl sites for hydroxylation is 1. The molecule has 3 rings (SSSR count). The predicted octanol–water partition coefficient (Wildman–Crippen LogP) is 3.27. The van der Waals surface area contributed by atoms with Gasteiger partial charge in [0, 0.05) is 6.54 Å². The van der Waals surface area contributed by atoms with Crippen LogP contribution >= 0.6 is 11.3 Å². The first-order chi connectivity index (χ1) is 12.1. The van der Waals surface area contributed by atoms with Gasteiger partial charge in [-0.1, -0.05) is 17.3 Å². The summed E-state index contributed by atoms with van der Waals surface area (Å²) in [5.41, 5.74) is 8.74. The van der Waals surface area contributed by atoms with Gasteiger partial charge in [0.25, 0.3) is 5.91 Å². The highest BCUT2D eigenvalue weighted by Gasteiger charge is 2.23. The lowest BCUT2D eigenvalue weighted by molar-refractivity contribution is 0.0955. The van der Waals surface area contributed by atoms with E-state index >= 15 is 0 Å². The minimum Gasteiger partial charge on any atom is -0.497 e. The van der Waals surface area contributed by atoms with Crippen LogP contribution in [0.15, 0.2) is 40.2 Å². The highest BCUT2D eigenvalue weighted by molar-refractivity contribution is 7.13. The van der Waals surface area contributed by atoms with Crippen molar-refractivity contribution in [2.45, 2.75) is 13.3 Å². The average molecular weight is 357 g/mol. The summed E-state index contributed by atoms with van der Waals surface area (Å²) >= 11 is 1.50. The van der Waals surface area contributed by atoms with Gasteiger partial charge in [-0.15, -0.1) is 11.3 Å². The molecule has 0 bridgehead atoms. The van der Waals surface area contributed by atoms with Crippen LogP contribution in [0.4, 0.5) is 5.88 Å². The Balaban J connectivity index is 1.67. The van der Waals surface area contributed by atoms with Crippen molar-refractivity contribution in [3.63, 3.8) is 0 Å². The van der Waals surface area contributed by atoms with Crippen LogP contribution in [0.1, 0.15) is 21.5 Å². The zero-order chi connectivity index (χ0) is 17.8. The van der Waals surface area contributed by atoms with Crippen LogP contribution in [-0.4, -0.2) is 24.7 Å². The summed E-state index contributed by atoms with van der Waals surface area (Å²) in [7, 11) is 1.63. The van der Waals surface area contributed by atoms with Crippen molar-refractivity contribution in [3.8, 4) is 16.3 Å². The maximum absolute atomic E-state index is 12.5. The molecule has 0 saturated carbocycles. The molecule has 25 heavy (non-hydrogen) atoms. The minimum absolute atomic E-state index is 0.0322. The van der Waals surface area contributed by atoms with E-state index in [9.17, 15) is 4.79 Å². The number of aromatic nitrogens is 1. The number of nitrogen functional groups attached to an aromatic ring is 1. The smallest absolute Gasteiger partial charge is 0.259 e. The molecular weight excluding hydrogens is 338 g/mol. The maximum Gasteiger partial charge on any atom is 0.259 e. The van der Waals surface area contributed by atoms with Crippen molar-refractivity contribution < 1.29 is 14.1 Å². The first-order valence-electron chi connectivity index (χ1n) is 7.81. The number of nitrogens with one attached hydrogen (secondary N) is 1. The molecular formula is C18H19N3O3S. The van der Waals surface area contributed by atoms with Crippen LogP contribution in [0.2, 0.25) is 0 Å². The Labute approximate surface area is 149 Å². The van der Waals surface area contributed by atoms with E-state index in [0.29, 0.717) is 24.2 Å². The second-order valence-electron chi connectivity index (χ2n) is 5.56. The van der Waals surface area contributed by atoms with E-state index in [0.717, 1.165) is 21.8 Å². The van der Waals surface area contributed by atoms with Gasteiger partial charge in [-0.2, -0.15) is 0 Å². The lowest BCUT2D eigenvalue weighted by Crippen LogP contribution is -2.26. The van der Waals surface area contributed by atoms with E-state index < -0.39 is 0 Å². The Morgan fingerprint density at radius 3 is 2.72 bits per heavy atom. The Kier molecular flexibility index (Phi) is 5.04. The molecule has 3 aromatic rings. The first-order valence-corrected chi connectivity index (χ1v) is 8.69. The summed E-state index contributed by atoms with van der Waals surface area (Å²) in [5.74, 6) is 0.556. The summed E-state index contributed by atoms with van der Waals surface area (Å²) in [4.78, 5) is 13.4. The molecule has 2 heterocycles. The standard InChI is InChI=1S/C18H19N3O3S/c1-11-8-10-25-16(11)15-14(17(19)24-21-15)18(22)20-9-7-12-3-5-13(23-2)6-4-12/h3-6,8,10H,7,9,19H2,1-2H3,(H,20,22). The van der Waals surface area contributed by atoms with Crippen molar-refractivity contribution in [2.75, 3.05) is 19.4 Å². The Morgan fingerprint density at radius 1 is 1.32 bits per heavy atom. The molecule has 0 atom stereocenters. The van der Waals surface area contributed by atoms with Crippen molar-refractivity contribution in [1.29, 1.82) is 0 Å². The zero-order valence-electron chi connectivity index (χ0n) is 14.0. The third-order valence-electron chi connectivity index (χ3n) is 3.88. The van der Waals surface area contributed by atoms with Crippen molar-refractivity contribution in [3.05, 3.63) is 52.4 Å². The predicted molar refractivity (Wildman–Crippen MR) is 98.0 cm³/mol. The highest BCUT2D eigenvalue weighted by Crippen LogP contribution is 2.33. The molecule has 1 aromatic carbocycles. The summed E-state index contributed by atoms with van der Waals surface area (Å²) in [6.07, 6.45) is 0.703. The molecule has 0 spiro atoms. The van der Waals surface area contributed by atoms with Crippen LogP contribution in [0, 0.1) is 6.92 Å². The third kappa shape index (κ3) is 3.66. The molecule has 0 fully saturated rings. The number of nitrogens with zero attached hydrogens (tertiary/aromatic N) is 1. The summed E-state index contributed by atoms with van der Waals surface area (Å²) in [6, 6.07) is 9.70. The fourth-order valence-corrected chi connectivity index (χ4v) is 3.41. The number of anilines is 1. The monoisotopic (exact) mass is 357 g/mol. The molecule has 0 aliphatic rings. The summed E-state index contributed by atoms with van der Waals surface area (Å²) < 4.78 is 10.2. The van der Waals surface area contributed by atoms with Crippen LogP contribution in [0.5, 0.6) is 5.75 Å². The number of amides is 1. The van der Waals surface area contributed by atoms with Gasteiger partial charge < -0.3 is 20.3 Å². The first kappa shape index (κ1) is 17.0. The second-order valence-corrected chi connectivity index (χ2v) is 6.47. The number of ether oxygens (including phenoxy) is 1. The molecule has 0 saturated heterocycles. The van der Waals surface area contributed by atoms with E-state index in [1.54, 1.807) is 7.11 Å². The average Bonchev–Trinajstić information content (AvgIpc) is 3.20. The maximum atomic E-state index is 12.5. The van der Waals surface area contributed by atoms with Crippen molar-refractivity contribution in [2.24, 2.45) is 0 Å². The fourth-order valence-electron chi connectivity index (χ4n) is 2.49. The number of nitrogens with two attached hydrogens (primary N) is 1. The number of hydrogen-bond acceptors (Lipinski definition) is 6. The molecule has 0 unspecified atom stereocenters. The van der Waals surface area contributed by atoms with Gasteiger partial charge in [0.05, 0.1) is 12.0 Å². The SMILES string of the molecule is COc1ccc(CCNC(=O)c2c(-c3sccc3C)noc2N)cc1. The van der Waals surface area contributed by atoms with Crippen LogP contribution in [-0.2, 0) is 6.42 Å². The molecule has 2 aromatic heterocycles. The molecule has 3 N–H and O–H groups in total. The number of hydrogen-bond donors (Lipinski definition) is 2. The number of thiophene rings is 1. The van der Waals surface area contributed by atoms with E-state index in [-0.39, 0.29) is 11.8 Å². The number of benzene rings is 1. The van der Waals surface area contributed by atoms with Gasteiger partial charge in [-0.25, -0.2) is 0 Å². The second kappa shape index (κ2) is 7.40. The molecule has 7 heteroatoms. The lowest BCUT2D eigenvalue weighted by atomic mass is 10.1. The van der Waals surface area contributed by atoms with Crippen LogP contribution in [0.3, 0.4) is 0 Å². The van der Waals surface area contributed by atoms with E-state index in [1.165, 1.54) is 11.3 Å². The normalized spacial score (nSPS) is 10.6. The van der Waals surface area contributed by atoms with Gasteiger partial charge in [0.15, 0.2) is 0 Å². The lowest BCUT2D eigenvalue weighted by Gasteiger charge is -2.06. The molecule has 130 valence electrons.